The van der Waals surface area contributed by atoms with Crippen LogP contribution in [0.5, 0.6) is 11.5 Å². The molecular formula is C17H20N4O2. The summed E-state index contributed by atoms with van der Waals surface area (Å²) in [4.78, 5) is 4.54. The van der Waals surface area contributed by atoms with Crippen molar-refractivity contribution in [3.05, 3.63) is 35.5 Å². The Hall–Kier alpha value is -2.76. The lowest BCUT2D eigenvalue weighted by Crippen LogP contribution is -2.02. The lowest BCUT2D eigenvalue weighted by Gasteiger charge is -2.13. The predicted octanol–water partition coefficient (Wildman–Crippen LogP) is 3.07. The van der Waals surface area contributed by atoms with Crippen molar-refractivity contribution in [3.8, 4) is 22.8 Å². The molecule has 2 aromatic heterocycles. The number of anilines is 1. The first-order valence-electron chi connectivity index (χ1n) is 7.36. The summed E-state index contributed by atoms with van der Waals surface area (Å²) < 4.78 is 12.7. The fourth-order valence-electron chi connectivity index (χ4n) is 2.77. The van der Waals surface area contributed by atoms with Crippen LogP contribution in [-0.4, -0.2) is 35.9 Å². The van der Waals surface area contributed by atoms with E-state index in [0.717, 1.165) is 45.5 Å². The SMILES string of the molecule is CNc1cc(C)nc2cc(-c3ccc(OC)c(C)c3OC)nn12. The minimum absolute atomic E-state index is 0.760. The van der Waals surface area contributed by atoms with E-state index in [1.54, 1.807) is 18.7 Å². The third-order valence-corrected chi connectivity index (χ3v) is 3.87. The van der Waals surface area contributed by atoms with Crippen molar-refractivity contribution in [2.45, 2.75) is 13.8 Å². The smallest absolute Gasteiger partial charge is 0.158 e. The third kappa shape index (κ3) is 2.46. The first-order chi connectivity index (χ1) is 11.1. The largest absolute Gasteiger partial charge is 0.496 e. The highest BCUT2D eigenvalue weighted by atomic mass is 16.5. The Bertz CT molecular complexity index is 871. The molecule has 120 valence electrons. The van der Waals surface area contributed by atoms with Crippen LogP contribution in [0.25, 0.3) is 16.9 Å². The Morgan fingerprint density at radius 1 is 1.09 bits per heavy atom. The molecule has 0 atom stereocenters. The van der Waals surface area contributed by atoms with Crippen LogP contribution in [-0.2, 0) is 0 Å². The zero-order chi connectivity index (χ0) is 16.6. The highest BCUT2D eigenvalue weighted by Crippen LogP contribution is 2.37. The standard InChI is InChI=1S/C17H20N4O2/c1-10-8-15(18-3)21-16(19-10)9-13(20-21)12-6-7-14(22-4)11(2)17(12)23-5/h6-9,18H,1-5H3. The van der Waals surface area contributed by atoms with Crippen molar-refractivity contribution in [1.82, 2.24) is 14.6 Å². The van der Waals surface area contributed by atoms with Crippen LogP contribution in [0.1, 0.15) is 11.3 Å². The van der Waals surface area contributed by atoms with Gasteiger partial charge in [0.15, 0.2) is 5.65 Å². The second kappa shape index (κ2) is 5.79. The number of benzene rings is 1. The van der Waals surface area contributed by atoms with Crippen molar-refractivity contribution in [2.75, 3.05) is 26.6 Å². The number of hydrogen-bond acceptors (Lipinski definition) is 5. The first-order valence-corrected chi connectivity index (χ1v) is 7.36. The number of rotatable bonds is 4. The van der Waals surface area contributed by atoms with E-state index in [2.05, 4.69) is 15.4 Å². The zero-order valence-electron chi connectivity index (χ0n) is 14.0. The van der Waals surface area contributed by atoms with Gasteiger partial charge in [-0.1, -0.05) is 0 Å². The molecule has 0 saturated carbocycles. The van der Waals surface area contributed by atoms with E-state index >= 15 is 0 Å². The maximum Gasteiger partial charge on any atom is 0.158 e. The van der Waals surface area contributed by atoms with Gasteiger partial charge in [-0.15, -0.1) is 0 Å². The van der Waals surface area contributed by atoms with Crippen LogP contribution in [0.15, 0.2) is 24.3 Å². The summed E-state index contributed by atoms with van der Waals surface area (Å²) in [5, 5.41) is 7.81. The number of nitrogens with one attached hydrogen (secondary N) is 1. The quantitative estimate of drug-likeness (QED) is 0.802. The van der Waals surface area contributed by atoms with E-state index in [9.17, 15) is 0 Å². The lowest BCUT2D eigenvalue weighted by molar-refractivity contribution is 0.390. The van der Waals surface area contributed by atoms with E-state index in [1.165, 1.54) is 0 Å². The van der Waals surface area contributed by atoms with E-state index in [0.29, 0.717) is 0 Å². The van der Waals surface area contributed by atoms with Crippen molar-refractivity contribution >= 4 is 11.5 Å². The molecule has 0 spiro atoms. The number of methoxy groups -OCH3 is 2. The fourth-order valence-corrected chi connectivity index (χ4v) is 2.77. The van der Waals surface area contributed by atoms with Crippen LogP contribution < -0.4 is 14.8 Å². The van der Waals surface area contributed by atoms with E-state index in [4.69, 9.17) is 9.47 Å². The summed E-state index contributed by atoms with van der Waals surface area (Å²) in [5.41, 5.74) is 4.40. The van der Waals surface area contributed by atoms with Gasteiger partial charge in [0.05, 0.1) is 19.9 Å². The van der Waals surface area contributed by atoms with Crippen molar-refractivity contribution < 1.29 is 9.47 Å². The molecule has 0 fully saturated rings. The second-order valence-corrected chi connectivity index (χ2v) is 5.31. The number of aryl methyl sites for hydroxylation is 1. The molecule has 0 radical (unpaired) electrons. The number of fused-ring (bicyclic) bond motifs is 1. The topological polar surface area (TPSA) is 60.7 Å². The van der Waals surface area contributed by atoms with Crippen molar-refractivity contribution in [2.24, 2.45) is 0 Å². The molecule has 2 heterocycles. The molecule has 0 saturated heterocycles. The lowest BCUT2D eigenvalue weighted by atomic mass is 10.1. The number of aromatic nitrogens is 3. The summed E-state index contributed by atoms with van der Waals surface area (Å²) in [5.74, 6) is 2.44. The van der Waals surface area contributed by atoms with Gasteiger partial charge in [0.2, 0.25) is 0 Å². The average Bonchev–Trinajstić information content (AvgIpc) is 2.97. The molecule has 0 aliphatic heterocycles. The van der Waals surface area contributed by atoms with Crippen molar-refractivity contribution in [3.63, 3.8) is 0 Å². The molecule has 0 bridgehead atoms. The Morgan fingerprint density at radius 2 is 1.87 bits per heavy atom. The molecule has 23 heavy (non-hydrogen) atoms. The Labute approximate surface area is 135 Å². The van der Waals surface area contributed by atoms with Gasteiger partial charge in [-0.3, -0.25) is 0 Å². The Kier molecular flexibility index (Phi) is 3.82. The fraction of sp³-hybridized carbons (Fsp3) is 0.294. The molecule has 0 unspecified atom stereocenters. The van der Waals surface area contributed by atoms with Gasteiger partial charge in [0.1, 0.15) is 17.3 Å². The molecule has 0 aliphatic carbocycles. The molecule has 3 rings (SSSR count). The minimum atomic E-state index is 0.760. The molecule has 1 aromatic carbocycles. The first kappa shape index (κ1) is 15.1. The summed E-state index contributed by atoms with van der Waals surface area (Å²) in [6.45, 7) is 3.93. The number of hydrogen-bond donors (Lipinski definition) is 1. The molecular weight excluding hydrogens is 292 g/mol. The van der Waals surface area contributed by atoms with Gasteiger partial charge in [0.25, 0.3) is 0 Å². The summed E-state index contributed by atoms with van der Waals surface area (Å²) in [7, 11) is 5.18. The van der Waals surface area contributed by atoms with Crippen LogP contribution in [0.2, 0.25) is 0 Å². The molecule has 0 aliphatic rings. The van der Waals surface area contributed by atoms with E-state index < -0.39 is 0 Å². The van der Waals surface area contributed by atoms with Gasteiger partial charge in [-0.05, 0) is 26.0 Å². The maximum absolute atomic E-state index is 5.58. The van der Waals surface area contributed by atoms with E-state index in [1.807, 2.05) is 45.2 Å². The van der Waals surface area contributed by atoms with Crippen LogP contribution in [0.3, 0.4) is 0 Å². The Balaban J connectivity index is 2.23. The number of nitrogens with zero attached hydrogens (tertiary/aromatic N) is 3. The highest BCUT2D eigenvalue weighted by molar-refractivity contribution is 5.74. The minimum Gasteiger partial charge on any atom is -0.496 e. The Morgan fingerprint density at radius 3 is 2.52 bits per heavy atom. The number of ether oxygens (including phenoxy) is 2. The monoisotopic (exact) mass is 312 g/mol. The predicted molar refractivity (Wildman–Crippen MR) is 90.5 cm³/mol. The highest BCUT2D eigenvalue weighted by Gasteiger charge is 2.16. The van der Waals surface area contributed by atoms with Gasteiger partial charge >= 0.3 is 0 Å². The second-order valence-electron chi connectivity index (χ2n) is 5.31. The molecule has 0 amide bonds. The third-order valence-electron chi connectivity index (χ3n) is 3.87. The van der Waals surface area contributed by atoms with Gasteiger partial charge in [-0.2, -0.15) is 9.61 Å². The van der Waals surface area contributed by atoms with Gasteiger partial charge in [-0.25, -0.2) is 4.98 Å². The van der Waals surface area contributed by atoms with Crippen LogP contribution in [0.4, 0.5) is 5.82 Å². The van der Waals surface area contributed by atoms with Crippen LogP contribution >= 0.6 is 0 Å². The molecule has 6 heteroatoms. The average molecular weight is 312 g/mol. The van der Waals surface area contributed by atoms with E-state index in [-0.39, 0.29) is 0 Å². The summed E-state index contributed by atoms with van der Waals surface area (Å²) in [6.07, 6.45) is 0. The maximum atomic E-state index is 5.58. The molecule has 6 nitrogen and oxygen atoms in total. The summed E-state index contributed by atoms with van der Waals surface area (Å²) >= 11 is 0. The summed E-state index contributed by atoms with van der Waals surface area (Å²) in [6, 6.07) is 7.80. The van der Waals surface area contributed by atoms with Crippen LogP contribution in [0, 0.1) is 13.8 Å². The van der Waals surface area contributed by atoms with Gasteiger partial charge in [0, 0.05) is 36.0 Å². The van der Waals surface area contributed by atoms with Gasteiger partial charge < -0.3 is 14.8 Å². The molecule has 1 N–H and O–H groups in total. The van der Waals surface area contributed by atoms with Crippen molar-refractivity contribution in [1.29, 1.82) is 0 Å². The molecule has 3 aromatic rings. The normalized spacial score (nSPS) is 10.8. The zero-order valence-corrected chi connectivity index (χ0v) is 14.0.